The molecule has 13 nitrogen and oxygen atoms in total. The van der Waals surface area contributed by atoms with Crippen molar-refractivity contribution in [1.29, 1.82) is 0 Å². The third-order valence-corrected chi connectivity index (χ3v) is 14.2. The number of Topliss-reactive ketones (excluding diaryl/α,β-unsaturated/α-hetero) is 2. The van der Waals surface area contributed by atoms with E-state index in [1.807, 2.05) is 110 Å². The first-order chi connectivity index (χ1) is 35.4. The molecule has 422 valence electrons. The Morgan fingerprint density at radius 2 is 1.51 bits per heavy atom. The normalized spacial score (nSPS) is 15.3. The average molecular weight is 1040 g/mol. The van der Waals surface area contributed by atoms with E-state index in [4.69, 9.17) is 10.5 Å². The minimum absolute atomic E-state index is 0.0448. The number of carbonyl (C=O) groups excluding carboxylic acids is 6. The van der Waals surface area contributed by atoms with Crippen molar-refractivity contribution < 1.29 is 33.5 Å². The lowest BCUT2D eigenvalue weighted by molar-refractivity contribution is -0.132. The van der Waals surface area contributed by atoms with Crippen molar-refractivity contribution in [3.05, 3.63) is 59.9 Å². The van der Waals surface area contributed by atoms with Crippen LogP contribution >= 0.6 is 0 Å². The van der Waals surface area contributed by atoms with Gasteiger partial charge in [-0.15, -0.1) is 0 Å². The van der Waals surface area contributed by atoms with Gasteiger partial charge in [-0.25, -0.2) is 4.79 Å². The number of ketones is 2. The molecule has 3 atom stereocenters. The number of allylic oxidation sites excluding steroid dienone is 2. The monoisotopic (exact) mass is 1040 g/mol. The lowest BCUT2D eigenvalue weighted by Crippen LogP contribution is -2.52. The summed E-state index contributed by atoms with van der Waals surface area (Å²) in [4.78, 5) is 73.8. The molecule has 2 unspecified atom stereocenters. The highest BCUT2D eigenvalue weighted by Gasteiger charge is 2.35. The zero-order valence-corrected chi connectivity index (χ0v) is 49.6. The van der Waals surface area contributed by atoms with Crippen molar-refractivity contribution in [3.63, 3.8) is 0 Å². The van der Waals surface area contributed by atoms with Crippen molar-refractivity contribution in [2.45, 2.75) is 191 Å². The fourth-order valence-corrected chi connectivity index (χ4v) is 8.82. The predicted molar refractivity (Wildman–Crippen MR) is 311 cm³/mol. The first-order valence-corrected chi connectivity index (χ1v) is 28.0. The molecule has 2 amide bonds. The van der Waals surface area contributed by atoms with Gasteiger partial charge in [-0.1, -0.05) is 113 Å². The molecule has 5 N–H and O–H groups in total. The smallest absolute Gasteiger partial charge is 0.238 e. The number of ether oxygens (including phenoxy) is 1. The number of aldehydes is 1. The van der Waals surface area contributed by atoms with Crippen LogP contribution in [0.1, 0.15) is 177 Å². The van der Waals surface area contributed by atoms with Gasteiger partial charge >= 0.3 is 0 Å². The maximum absolute atomic E-state index is 13.6. The lowest BCUT2D eigenvalue weighted by atomic mass is 9.81. The van der Waals surface area contributed by atoms with Crippen LogP contribution in [-0.4, -0.2) is 112 Å². The van der Waals surface area contributed by atoms with Crippen molar-refractivity contribution in [1.82, 2.24) is 25.8 Å². The van der Waals surface area contributed by atoms with Crippen LogP contribution in [0, 0.1) is 28.6 Å². The topological polar surface area (TPSA) is 180 Å². The van der Waals surface area contributed by atoms with Gasteiger partial charge in [0.25, 0.3) is 0 Å². The van der Waals surface area contributed by atoms with E-state index in [1.165, 1.54) is 50.5 Å². The molecule has 75 heavy (non-hydrogen) atoms. The number of nitrogens with two attached hydrogens (primary N) is 1. The summed E-state index contributed by atoms with van der Waals surface area (Å²) < 4.78 is 6.14. The molecule has 13 heteroatoms. The minimum atomic E-state index is -0.721. The van der Waals surface area contributed by atoms with Crippen molar-refractivity contribution >= 4 is 46.9 Å². The number of carbonyl (C=O) groups is 5. The molecule has 0 aromatic heterocycles. The zero-order valence-electron chi connectivity index (χ0n) is 49.6. The van der Waals surface area contributed by atoms with E-state index in [1.54, 1.807) is 14.0 Å². The van der Waals surface area contributed by atoms with E-state index in [0.29, 0.717) is 35.5 Å². The molecule has 0 aliphatic heterocycles. The highest BCUT2D eigenvalue weighted by atomic mass is 16.5. The Balaban J connectivity index is 0.000000778. The number of nitrogens with zero attached hydrogens (tertiary/aromatic N) is 2. The summed E-state index contributed by atoms with van der Waals surface area (Å²) in [6, 6.07) is 10.9. The predicted octanol–water partition coefficient (Wildman–Crippen LogP) is 11.1. The van der Waals surface area contributed by atoms with Crippen molar-refractivity contribution in [2.75, 3.05) is 54.1 Å². The summed E-state index contributed by atoms with van der Waals surface area (Å²) in [5.41, 5.74) is 11.0. The number of unbranched alkanes of at least 4 members (excludes halogenated alkanes) is 2. The van der Waals surface area contributed by atoms with E-state index in [2.05, 4.69) is 50.2 Å². The second-order valence-corrected chi connectivity index (χ2v) is 22.7. The molecule has 0 bridgehead atoms. The molecular formula is C62H102N6O7. The fourth-order valence-electron chi connectivity index (χ4n) is 8.82. The van der Waals surface area contributed by atoms with E-state index in [-0.39, 0.29) is 59.7 Å². The molecule has 3 fully saturated rings. The summed E-state index contributed by atoms with van der Waals surface area (Å²) in [5, 5.41) is 9.33. The maximum atomic E-state index is 13.6. The molecule has 0 heterocycles. The second kappa shape index (κ2) is 34.7. The van der Waals surface area contributed by atoms with Gasteiger partial charge < -0.3 is 36.1 Å². The SMILES string of the molecule is C=C(CC(C)(C)CC)c1cc(-c2cc(CC(NC(=O)C(C3CCCC3)N(C)C)C(C)=O)cc(OC(=C=O)C(C)(C)C)c2)ccc1N.CC.CC(=O)C1CC1.CCCCCNC.CN[C@@H](CC(=O)N(C)CC=O)C1CC1. The van der Waals surface area contributed by atoms with Crippen LogP contribution in [0.25, 0.3) is 16.7 Å². The van der Waals surface area contributed by atoms with Gasteiger partial charge in [0.15, 0.2) is 17.5 Å². The van der Waals surface area contributed by atoms with Gasteiger partial charge in [0.05, 0.1) is 18.6 Å². The Morgan fingerprint density at radius 1 is 0.880 bits per heavy atom. The van der Waals surface area contributed by atoms with Gasteiger partial charge in [0.2, 0.25) is 11.8 Å². The highest BCUT2D eigenvalue weighted by molar-refractivity contribution is 5.90. The third-order valence-electron chi connectivity index (χ3n) is 14.2. The molecule has 0 spiro atoms. The highest BCUT2D eigenvalue weighted by Crippen LogP contribution is 2.38. The molecular weight excluding hydrogens is 941 g/mol. The van der Waals surface area contributed by atoms with E-state index in [9.17, 15) is 28.8 Å². The summed E-state index contributed by atoms with van der Waals surface area (Å²) in [6.45, 7) is 27.4. The first kappa shape index (κ1) is 68.1. The molecule has 3 saturated carbocycles. The van der Waals surface area contributed by atoms with Crippen LogP contribution in [0.3, 0.4) is 0 Å². The quantitative estimate of drug-likeness (QED) is 0.0244. The Morgan fingerprint density at radius 3 is 1.96 bits per heavy atom. The van der Waals surface area contributed by atoms with Gasteiger partial charge in [-0.3, -0.25) is 24.1 Å². The zero-order chi connectivity index (χ0) is 57.1. The second-order valence-electron chi connectivity index (χ2n) is 22.7. The van der Waals surface area contributed by atoms with Crippen molar-refractivity contribution in [2.24, 2.45) is 28.6 Å². The molecule has 5 rings (SSSR count). The third kappa shape index (κ3) is 25.6. The number of nitrogens with one attached hydrogen (secondary N) is 3. The summed E-state index contributed by atoms with van der Waals surface area (Å²) in [7, 11) is 9.39. The summed E-state index contributed by atoms with van der Waals surface area (Å²) in [5.74, 6) is 4.15. The number of hydrogen-bond acceptors (Lipinski definition) is 11. The minimum Gasteiger partial charge on any atom is -0.450 e. The average Bonchev–Trinajstić information content (AvgIpc) is 4.31. The number of rotatable bonds is 25. The van der Waals surface area contributed by atoms with Crippen LogP contribution < -0.4 is 26.4 Å². The number of hydrogen-bond donors (Lipinski definition) is 4. The van der Waals surface area contributed by atoms with Gasteiger partial charge in [0.1, 0.15) is 17.8 Å². The van der Waals surface area contributed by atoms with Gasteiger partial charge in [0, 0.05) is 42.1 Å². The molecule has 0 radical (unpaired) electrons. The van der Waals surface area contributed by atoms with Crippen LogP contribution in [0.5, 0.6) is 5.75 Å². The largest absolute Gasteiger partial charge is 0.450 e. The molecule has 2 aromatic rings. The van der Waals surface area contributed by atoms with Crippen LogP contribution in [0.2, 0.25) is 0 Å². The lowest BCUT2D eigenvalue weighted by Gasteiger charge is -2.30. The van der Waals surface area contributed by atoms with Crippen molar-refractivity contribution in [3.8, 4) is 16.9 Å². The molecule has 0 saturated heterocycles. The Labute approximate surface area is 454 Å². The number of likely N-dealkylation sites (N-methyl/N-ethyl adjacent to an activating group) is 2. The fraction of sp³-hybridized carbons (Fsp3) is 0.661. The Kier molecular flexibility index (Phi) is 31.5. The summed E-state index contributed by atoms with van der Waals surface area (Å²) >= 11 is 0. The molecule has 2 aromatic carbocycles. The number of nitrogen functional groups attached to an aromatic ring is 1. The molecule has 3 aliphatic carbocycles. The summed E-state index contributed by atoms with van der Waals surface area (Å²) in [6.07, 6.45) is 16.4. The standard InChI is InChI=1S/C39H55N3O4.C10H18N2O2.C6H15N.C5H8O.C2H6/c1-11-39(7,8)23-25(2)32-22-29(16-17-33(32)40)30-18-27(19-31(21-30)46-35(24-43)38(4,5)6)20-34(26(3)44)41-37(45)36(42(9)10)28-14-12-13-15-28;1-11-9(8-3-4-8)7-10(14)12(2)5-6-13;1-3-4-5-6-7-2;1-4(6)5-2-3-5;1-2/h16-19,21-22,28,34,36H,2,11-15,20,23,40H2,1,3-10H3,(H,41,45);6,8-9,11H,3-5,7H2,1-2H3;7H,3-6H2,1-2H3;5H,2-3H2,1H3;1-2H3/t;9-;;;/m.0.../s1. The van der Waals surface area contributed by atoms with Crippen LogP contribution in [-0.2, 0) is 35.2 Å². The Bertz CT molecular complexity index is 2140. The first-order valence-electron chi connectivity index (χ1n) is 28.0. The van der Waals surface area contributed by atoms with Crippen LogP contribution in [0.15, 0.2) is 48.7 Å². The maximum Gasteiger partial charge on any atom is 0.238 e. The van der Waals surface area contributed by atoms with E-state index >= 15 is 0 Å². The molecule has 3 aliphatic rings. The number of anilines is 1. The van der Waals surface area contributed by atoms with Gasteiger partial charge in [-0.05, 0) is 170 Å². The van der Waals surface area contributed by atoms with E-state index < -0.39 is 11.5 Å². The Hall–Kier alpha value is -4.94. The van der Waals surface area contributed by atoms with Crippen LogP contribution in [0.4, 0.5) is 5.69 Å². The number of amides is 2. The van der Waals surface area contributed by atoms with Gasteiger partial charge in [-0.2, -0.15) is 0 Å². The van der Waals surface area contributed by atoms with E-state index in [0.717, 1.165) is 85.5 Å². The number of benzene rings is 2.